The number of amides is 1. The maximum Gasteiger partial charge on any atom is 0.328 e. The van der Waals surface area contributed by atoms with Crippen LogP contribution in [0.1, 0.15) is 49.4 Å². The average molecular weight is 388 g/mol. The Morgan fingerprint density at radius 1 is 1.31 bits per heavy atom. The number of pyridine rings is 1. The van der Waals surface area contributed by atoms with Crippen LogP contribution in [0.3, 0.4) is 0 Å². The van der Waals surface area contributed by atoms with Crippen LogP contribution < -0.4 is 5.32 Å². The highest BCUT2D eigenvalue weighted by Gasteiger charge is 2.20. The van der Waals surface area contributed by atoms with E-state index in [9.17, 15) is 24.2 Å². The van der Waals surface area contributed by atoms with Crippen molar-refractivity contribution in [2.75, 3.05) is 6.16 Å². The summed E-state index contributed by atoms with van der Waals surface area (Å²) in [5.74, 6) is -1.24. The number of carbonyl (C=O) groups is 2. The summed E-state index contributed by atoms with van der Waals surface area (Å²) in [6.45, 7) is 2.88. The Morgan fingerprint density at radius 2 is 2.00 bits per heavy atom. The van der Waals surface area contributed by atoms with Crippen LogP contribution >= 0.6 is 7.60 Å². The summed E-state index contributed by atoms with van der Waals surface area (Å²) in [7, 11) is -3.81. The Balaban J connectivity index is 2.55. The average Bonchev–Trinajstić information content (AvgIpc) is 2.54. The molecule has 1 amide bonds. The Labute approximate surface area is 151 Å². The number of hydrogen-bond donors (Lipinski definition) is 4. The number of hydrogen-bond acceptors (Lipinski definition) is 6. The maximum absolute atomic E-state index is 12.0. The van der Waals surface area contributed by atoms with Crippen LogP contribution in [0.4, 0.5) is 0 Å². The van der Waals surface area contributed by atoms with Crippen LogP contribution in [-0.4, -0.2) is 38.1 Å². The molecule has 0 aliphatic rings. The second-order valence-electron chi connectivity index (χ2n) is 5.95. The molecule has 1 unspecified atom stereocenters. The SMILES string of the molecule is CC(=O)NCc1ncc(COP(=O)(O)CCCCCC(=O)O)c(C)c1O. The van der Waals surface area contributed by atoms with Gasteiger partial charge in [-0.15, -0.1) is 0 Å². The van der Waals surface area contributed by atoms with E-state index in [2.05, 4.69) is 10.3 Å². The van der Waals surface area contributed by atoms with Crippen LogP contribution in [0.15, 0.2) is 6.20 Å². The van der Waals surface area contributed by atoms with Gasteiger partial charge in [-0.25, -0.2) is 0 Å². The van der Waals surface area contributed by atoms with Gasteiger partial charge in [0.15, 0.2) is 0 Å². The second kappa shape index (κ2) is 10.3. The van der Waals surface area contributed by atoms with Gasteiger partial charge in [0.25, 0.3) is 0 Å². The summed E-state index contributed by atoms with van der Waals surface area (Å²) in [5, 5.41) is 21.2. The summed E-state index contributed by atoms with van der Waals surface area (Å²) < 4.78 is 17.1. The first-order valence-corrected chi connectivity index (χ1v) is 9.97. The zero-order chi connectivity index (χ0) is 19.7. The molecule has 0 radical (unpaired) electrons. The number of unbranched alkanes of at least 4 members (excludes halogenated alkanes) is 2. The van der Waals surface area contributed by atoms with Crippen molar-refractivity contribution >= 4 is 19.5 Å². The zero-order valence-electron chi connectivity index (χ0n) is 14.9. The number of carbonyl (C=O) groups excluding carboxylic acids is 1. The molecule has 0 saturated carbocycles. The zero-order valence-corrected chi connectivity index (χ0v) is 15.8. The maximum atomic E-state index is 12.0. The number of carboxylic acids is 1. The molecule has 0 spiro atoms. The van der Waals surface area contributed by atoms with Gasteiger partial charge in [0.05, 0.1) is 13.2 Å². The molecule has 26 heavy (non-hydrogen) atoms. The standard InChI is InChI=1S/C16H25N2O7P/c1-11-13(8-18-14(16(11)22)9-17-12(2)19)10-25-26(23,24)7-5-3-4-6-15(20)21/h8,22H,3-7,9-10H2,1-2H3,(H,17,19)(H,20,21)(H,23,24). The van der Waals surface area contributed by atoms with E-state index in [1.165, 1.54) is 13.1 Å². The molecule has 1 heterocycles. The van der Waals surface area contributed by atoms with Gasteiger partial charge >= 0.3 is 13.6 Å². The molecule has 0 bridgehead atoms. The number of aliphatic carboxylic acids is 1. The summed E-state index contributed by atoms with van der Waals surface area (Å²) in [6, 6.07) is 0. The van der Waals surface area contributed by atoms with Gasteiger partial charge in [0, 0.05) is 31.3 Å². The molecule has 1 aromatic heterocycles. The van der Waals surface area contributed by atoms with Crippen molar-refractivity contribution < 1.29 is 33.8 Å². The highest BCUT2D eigenvalue weighted by Crippen LogP contribution is 2.44. The van der Waals surface area contributed by atoms with Crippen molar-refractivity contribution in [3.63, 3.8) is 0 Å². The van der Waals surface area contributed by atoms with Gasteiger partial charge in [-0.05, 0) is 25.3 Å². The highest BCUT2D eigenvalue weighted by molar-refractivity contribution is 7.52. The lowest BCUT2D eigenvalue weighted by molar-refractivity contribution is -0.137. The molecular formula is C16H25N2O7P. The third kappa shape index (κ3) is 7.95. The lowest BCUT2D eigenvalue weighted by Gasteiger charge is -2.15. The molecular weight excluding hydrogens is 363 g/mol. The van der Waals surface area contributed by atoms with Crippen molar-refractivity contribution in [3.8, 4) is 5.75 Å². The van der Waals surface area contributed by atoms with Gasteiger partial charge in [-0.2, -0.15) is 0 Å². The van der Waals surface area contributed by atoms with Crippen molar-refractivity contribution in [3.05, 3.63) is 23.0 Å². The van der Waals surface area contributed by atoms with E-state index >= 15 is 0 Å². The smallest absolute Gasteiger partial charge is 0.328 e. The van der Waals surface area contributed by atoms with E-state index in [0.717, 1.165) is 0 Å². The Bertz CT molecular complexity index is 693. The van der Waals surface area contributed by atoms with Gasteiger partial charge < -0.3 is 24.9 Å². The fourth-order valence-corrected chi connectivity index (χ4v) is 3.26. The third-order valence-corrected chi connectivity index (χ3v) is 5.16. The molecule has 0 aliphatic carbocycles. The predicted molar refractivity (Wildman–Crippen MR) is 93.7 cm³/mol. The Morgan fingerprint density at radius 3 is 2.62 bits per heavy atom. The second-order valence-corrected chi connectivity index (χ2v) is 7.93. The number of aromatic nitrogens is 1. The van der Waals surface area contributed by atoms with Gasteiger partial charge in [-0.1, -0.05) is 6.42 Å². The monoisotopic (exact) mass is 388 g/mol. The lowest BCUT2D eigenvalue weighted by atomic mass is 10.1. The third-order valence-electron chi connectivity index (χ3n) is 3.74. The molecule has 146 valence electrons. The van der Waals surface area contributed by atoms with Crippen molar-refractivity contribution in [1.29, 1.82) is 0 Å². The van der Waals surface area contributed by atoms with E-state index in [1.807, 2.05) is 0 Å². The molecule has 0 aromatic carbocycles. The number of rotatable bonds is 11. The van der Waals surface area contributed by atoms with Gasteiger partial charge in [0.2, 0.25) is 5.91 Å². The molecule has 0 fully saturated rings. The minimum Gasteiger partial charge on any atom is -0.506 e. The molecule has 1 rings (SSSR count). The minimum absolute atomic E-state index is 0.0333. The van der Waals surface area contributed by atoms with Crippen molar-refractivity contribution in [1.82, 2.24) is 10.3 Å². The first kappa shape index (κ1) is 22.1. The normalized spacial score (nSPS) is 13.2. The molecule has 9 nitrogen and oxygen atoms in total. The van der Waals surface area contributed by atoms with Crippen LogP contribution in [0.5, 0.6) is 5.75 Å². The molecule has 0 saturated heterocycles. The fourth-order valence-electron chi connectivity index (χ4n) is 2.16. The van der Waals surface area contributed by atoms with E-state index in [4.69, 9.17) is 9.63 Å². The summed E-state index contributed by atoms with van der Waals surface area (Å²) in [5.41, 5.74) is 1.23. The first-order chi connectivity index (χ1) is 12.1. The van der Waals surface area contributed by atoms with Crippen LogP contribution in [0, 0.1) is 6.92 Å². The quantitative estimate of drug-likeness (QED) is 0.333. The van der Waals surface area contributed by atoms with Crippen LogP contribution in [0.25, 0.3) is 0 Å². The number of nitrogens with zero attached hydrogens (tertiary/aromatic N) is 1. The first-order valence-electron chi connectivity index (χ1n) is 8.21. The lowest BCUT2D eigenvalue weighted by Crippen LogP contribution is -2.20. The highest BCUT2D eigenvalue weighted by atomic mass is 31.2. The Kier molecular flexibility index (Phi) is 8.71. The predicted octanol–water partition coefficient (Wildman–Crippen LogP) is 2.08. The van der Waals surface area contributed by atoms with E-state index in [0.29, 0.717) is 36.1 Å². The van der Waals surface area contributed by atoms with E-state index in [1.54, 1.807) is 6.92 Å². The fraction of sp³-hybridized carbons (Fsp3) is 0.562. The van der Waals surface area contributed by atoms with E-state index in [-0.39, 0.29) is 37.4 Å². The molecule has 1 aromatic rings. The molecule has 0 aliphatic heterocycles. The van der Waals surface area contributed by atoms with Gasteiger partial charge in [0.1, 0.15) is 11.4 Å². The minimum atomic E-state index is -3.81. The van der Waals surface area contributed by atoms with Crippen molar-refractivity contribution in [2.45, 2.75) is 52.7 Å². The topological polar surface area (TPSA) is 146 Å². The summed E-state index contributed by atoms with van der Waals surface area (Å²) >= 11 is 0. The number of aromatic hydroxyl groups is 1. The largest absolute Gasteiger partial charge is 0.506 e. The van der Waals surface area contributed by atoms with Crippen LogP contribution in [-0.2, 0) is 31.8 Å². The molecule has 10 heteroatoms. The van der Waals surface area contributed by atoms with Crippen molar-refractivity contribution in [2.24, 2.45) is 0 Å². The van der Waals surface area contributed by atoms with Gasteiger partial charge in [-0.3, -0.25) is 19.1 Å². The summed E-state index contributed by atoms with van der Waals surface area (Å²) in [6.07, 6.45) is 2.76. The van der Waals surface area contributed by atoms with Crippen LogP contribution in [0.2, 0.25) is 0 Å². The van der Waals surface area contributed by atoms with E-state index < -0.39 is 13.6 Å². The number of nitrogens with one attached hydrogen (secondary N) is 1. The molecule has 1 atom stereocenters. The summed E-state index contributed by atoms with van der Waals surface area (Å²) in [4.78, 5) is 35.2. The number of carboxylic acid groups (broad SMARTS) is 1. The molecule has 4 N–H and O–H groups in total. The Hall–Kier alpha value is -1.96.